The SMILES string of the molecule is Cc1nn(-c2cccc(Oc3cc(C(C)(C)c4cc(C(C)(C)C)ccn4)c4nc(C(C)C)c(C(C)C)n4c3)c2)c(C)c1-c1ccccc1. The zero-order valence-electron chi connectivity index (χ0n) is 30.4. The summed E-state index contributed by atoms with van der Waals surface area (Å²) in [6, 6.07) is 25.2. The normalized spacial score (nSPS) is 12.4. The van der Waals surface area contributed by atoms with Crippen LogP contribution in [0.25, 0.3) is 22.5 Å². The summed E-state index contributed by atoms with van der Waals surface area (Å²) in [5.74, 6) is 2.05. The lowest BCUT2D eigenvalue weighted by atomic mass is 9.79. The second-order valence-corrected chi connectivity index (χ2v) is 15.2. The van der Waals surface area contributed by atoms with Gasteiger partial charge in [0, 0.05) is 40.2 Å². The van der Waals surface area contributed by atoms with Crippen LogP contribution in [0.4, 0.5) is 0 Å². The summed E-state index contributed by atoms with van der Waals surface area (Å²) in [6.45, 7) is 24.3. The van der Waals surface area contributed by atoms with Gasteiger partial charge < -0.3 is 4.74 Å². The van der Waals surface area contributed by atoms with Gasteiger partial charge in [-0.15, -0.1) is 0 Å². The van der Waals surface area contributed by atoms with E-state index in [1.807, 2.05) is 29.1 Å². The Morgan fingerprint density at radius 1 is 0.771 bits per heavy atom. The molecule has 0 aliphatic heterocycles. The topological polar surface area (TPSA) is 57.2 Å². The van der Waals surface area contributed by atoms with Gasteiger partial charge in [0.1, 0.15) is 17.1 Å². The van der Waals surface area contributed by atoms with Gasteiger partial charge in [-0.25, -0.2) is 9.67 Å². The van der Waals surface area contributed by atoms with E-state index in [1.54, 1.807) is 0 Å². The third-order valence-electron chi connectivity index (χ3n) is 9.45. The van der Waals surface area contributed by atoms with Crippen molar-refractivity contribution >= 4 is 5.65 Å². The van der Waals surface area contributed by atoms with Gasteiger partial charge in [-0.05, 0) is 72.6 Å². The molecule has 4 aromatic heterocycles. The molecule has 0 aliphatic rings. The summed E-state index contributed by atoms with van der Waals surface area (Å²) < 4.78 is 11.0. The first-order valence-corrected chi connectivity index (χ1v) is 17.1. The minimum Gasteiger partial charge on any atom is -0.456 e. The number of aromatic nitrogens is 5. The first kappa shape index (κ1) is 33.2. The van der Waals surface area contributed by atoms with Crippen molar-refractivity contribution in [1.29, 1.82) is 0 Å². The summed E-state index contributed by atoms with van der Waals surface area (Å²) in [5, 5.41) is 4.94. The fourth-order valence-electron chi connectivity index (χ4n) is 6.78. The van der Waals surface area contributed by atoms with Crippen molar-refractivity contribution in [2.24, 2.45) is 0 Å². The number of fused-ring (bicyclic) bond motifs is 1. The lowest BCUT2D eigenvalue weighted by Crippen LogP contribution is -2.23. The molecule has 248 valence electrons. The van der Waals surface area contributed by atoms with Gasteiger partial charge in [0.25, 0.3) is 0 Å². The Bertz CT molecular complexity index is 2090. The predicted octanol–water partition coefficient (Wildman–Crippen LogP) is 10.9. The highest BCUT2D eigenvalue weighted by Gasteiger charge is 2.32. The van der Waals surface area contributed by atoms with Crippen LogP contribution in [0.1, 0.15) is 114 Å². The molecule has 0 unspecified atom stereocenters. The molecule has 6 heteroatoms. The molecule has 0 radical (unpaired) electrons. The molecule has 48 heavy (non-hydrogen) atoms. The smallest absolute Gasteiger partial charge is 0.144 e. The molecule has 0 aliphatic carbocycles. The summed E-state index contributed by atoms with van der Waals surface area (Å²) in [5.41, 5.74) is 11.6. The first-order chi connectivity index (χ1) is 22.7. The number of aryl methyl sites for hydroxylation is 1. The van der Waals surface area contributed by atoms with Crippen molar-refractivity contribution in [3.63, 3.8) is 0 Å². The zero-order chi connectivity index (χ0) is 34.5. The van der Waals surface area contributed by atoms with Gasteiger partial charge in [-0.1, -0.05) is 98.7 Å². The van der Waals surface area contributed by atoms with Crippen LogP contribution < -0.4 is 4.74 Å². The zero-order valence-corrected chi connectivity index (χ0v) is 30.4. The molecule has 0 N–H and O–H groups in total. The molecule has 2 aromatic carbocycles. The number of imidazole rings is 1. The van der Waals surface area contributed by atoms with Crippen LogP contribution in [0.15, 0.2) is 85.2 Å². The van der Waals surface area contributed by atoms with Crippen molar-refractivity contribution in [2.75, 3.05) is 0 Å². The third kappa shape index (κ3) is 6.05. The van der Waals surface area contributed by atoms with Crippen LogP contribution >= 0.6 is 0 Å². The molecule has 0 saturated carbocycles. The molecule has 6 nitrogen and oxygen atoms in total. The highest BCUT2D eigenvalue weighted by molar-refractivity contribution is 5.69. The van der Waals surface area contributed by atoms with Crippen LogP contribution in [0.3, 0.4) is 0 Å². The quantitative estimate of drug-likeness (QED) is 0.166. The third-order valence-corrected chi connectivity index (χ3v) is 9.45. The van der Waals surface area contributed by atoms with Crippen LogP contribution in [-0.4, -0.2) is 24.1 Å². The fourth-order valence-corrected chi connectivity index (χ4v) is 6.78. The van der Waals surface area contributed by atoms with E-state index >= 15 is 0 Å². The van der Waals surface area contributed by atoms with Crippen molar-refractivity contribution in [3.05, 3.63) is 125 Å². The Balaban J connectivity index is 1.48. The van der Waals surface area contributed by atoms with E-state index in [0.717, 1.165) is 56.7 Å². The Morgan fingerprint density at radius 3 is 2.17 bits per heavy atom. The van der Waals surface area contributed by atoms with Crippen molar-refractivity contribution in [3.8, 4) is 28.3 Å². The maximum Gasteiger partial charge on any atom is 0.144 e. The number of benzene rings is 2. The summed E-state index contributed by atoms with van der Waals surface area (Å²) in [6.07, 6.45) is 4.04. The van der Waals surface area contributed by atoms with Gasteiger partial charge in [-0.2, -0.15) is 5.10 Å². The van der Waals surface area contributed by atoms with E-state index in [9.17, 15) is 0 Å². The number of nitrogens with zero attached hydrogens (tertiary/aromatic N) is 5. The molecule has 0 saturated heterocycles. The second kappa shape index (κ2) is 12.4. The van der Waals surface area contributed by atoms with Gasteiger partial charge >= 0.3 is 0 Å². The van der Waals surface area contributed by atoms with Crippen molar-refractivity contribution in [1.82, 2.24) is 24.1 Å². The van der Waals surface area contributed by atoms with Crippen molar-refractivity contribution in [2.45, 2.75) is 98.8 Å². The standard InChI is InChI=1S/C42H49N5O/c1-26(2)38-39(27(3)4)46-25-34(24-35(40(46)44-38)42(10,11)36-22-31(20-21-43-36)41(7,8)9)48-33-19-15-18-32(23-33)47-29(6)37(28(5)45-47)30-16-13-12-14-17-30/h12-27H,1-11H3. The molecular weight excluding hydrogens is 590 g/mol. The average molecular weight is 640 g/mol. The molecule has 6 aromatic rings. The number of ether oxygens (including phenoxy) is 1. The van der Waals surface area contributed by atoms with Crippen LogP contribution in [0.2, 0.25) is 0 Å². The van der Waals surface area contributed by atoms with Crippen LogP contribution in [0.5, 0.6) is 11.5 Å². The molecule has 0 spiro atoms. The summed E-state index contributed by atoms with van der Waals surface area (Å²) >= 11 is 0. The number of rotatable bonds is 8. The largest absolute Gasteiger partial charge is 0.456 e. The average Bonchev–Trinajstić information content (AvgIpc) is 3.58. The van der Waals surface area contributed by atoms with Crippen molar-refractivity contribution < 1.29 is 4.74 Å². The minimum atomic E-state index is -0.449. The van der Waals surface area contributed by atoms with Gasteiger partial charge in [-0.3, -0.25) is 9.38 Å². The number of hydrogen-bond acceptors (Lipinski definition) is 4. The molecule has 4 heterocycles. The predicted molar refractivity (Wildman–Crippen MR) is 197 cm³/mol. The number of hydrogen-bond donors (Lipinski definition) is 0. The fraction of sp³-hybridized carbons (Fsp3) is 0.357. The Hall–Kier alpha value is -4.71. The second-order valence-electron chi connectivity index (χ2n) is 15.2. The van der Waals surface area contributed by atoms with Gasteiger partial charge in [0.2, 0.25) is 0 Å². The van der Waals surface area contributed by atoms with Gasteiger partial charge in [0.15, 0.2) is 0 Å². The lowest BCUT2D eigenvalue weighted by molar-refractivity contribution is 0.475. The monoisotopic (exact) mass is 639 g/mol. The van der Waals surface area contributed by atoms with E-state index in [2.05, 4.69) is 141 Å². The lowest BCUT2D eigenvalue weighted by Gasteiger charge is -2.28. The maximum absolute atomic E-state index is 6.75. The first-order valence-electron chi connectivity index (χ1n) is 17.1. The number of pyridine rings is 2. The van der Waals surface area contributed by atoms with Gasteiger partial charge in [0.05, 0.1) is 29.0 Å². The molecular formula is C42H49N5O. The summed E-state index contributed by atoms with van der Waals surface area (Å²) in [4.78, 5) is 10.2. The van der Waals surface area contributed by atoms with Crippen LogP contribution in [0, 0.1) is 13.8 Å². The Labute approximate surface area is 285 Å². The Kier molecular flexibility index (Phi) is 8.57. The van der Waals surface area contributed by atoms with Crippen LogP contribution in [-0.2, 0) is 10.8 Å². The van der Waals surface area contributed by atoms with E-state index in [0.29, 0.717) is 0 Å². The molecule has 0 bridgehead atoms. The maximum atomic E-state index is 6.75. The molecule has 0 amide bonds. The van der Waals surface area contributed by atoms with E-state index < -0.39 is 5.41 Å². The minimum absolute atomic E-state index is 0.00925. The molecule has 0 atom stereocenters. The Morgan fingerprint density at radius 2 is 1.50 bits per heavy atom. The molecule has 0 fully saturated rings. The van der Waals surface area contributed by atoms with E-state index in [4.69, 9.17) is 19.8 Å². The van der Waals surface area contributed by atoms with E-state index in [-0.39, 0.29) is 17.3 Å². The molecule has 6 rings (SSSR count). The van der Waals surface area contributed by atoms with E-state index in [1.165, 1.54) is 16.8 Å². The highest BCUT2D eigenvalue weighted by atomic mass is 16.5. The highest BCUT2D eigenvalue weighted by Crippen LogP contribution is 2.40. The summed E-state index contributed by atoms with van der Waals surface area (Å²) in [7, 11) is 0.